The molecule has 9 heteroatoms. The van der Waals surface area contributed by atoms with E-state index in [1.54, 1.807) is 6.92 Å². The quantitative estimate of drug-likeness (QED) is 0.747. The van der Waals surface area contributed by atoms with Crippen LogP contribution in [0.1, 0.15) is 17.3 Å². The van der Waals surface area contributed by atoms with E-state index < -0.39 is 17.9 Å². The van der Waals surface area contributed by atoms with Crippen molar-refractivity contribution in [2.24, 2.45) is 5.92 Å². The third-order valence-electron chi connectivity index (χ3n) is 3.27. The molecule has 23 heavy (non-hydrogen) atoms. The van der Waals surface area contributed by atoms with Crippen LogP contribution in [0.15, 0.2) is 24.5 Å². The fourth-order valence-electron chi connectivity index (χ4n) is 1.86. The maximum absolute atomic E-state index is 13.8. The van der Waals surface area contributed by atoms with E-state index in [1.807, 2.05) is 0 Å². The summed E-state index contributed by atoms with van der Waals surface area (Å²) in [5.41, 5.74) is -0.175. The van der Waals surface area contributed by atoms with Gasteiger partial charge < -0.3 is 14.6 Å². The van der Waals surface area contributed by atoms with Crippen molar-refractivity contribution < 1.29 is 23.8 Å². The zero-order valence-corrected chi connectivity index (χ0v) is 12.7. The van der Waals surface area contributed by atoms with E-state index in [-0.39, 0.29) is 23.8 Å². The van der Waals surface area contributed by atoms with Crippen LogP contribution in [-0.4, -0.2) is 51.1 Å². The number of benzene rings is 1. The van der Waals surface area contributed by atoms with Gasteiger partial charge in [-0.3, -0.25) is 0 Å². The van der Waals surface area contributed by atoms with E-state index >= 15 is 0 Å². The number of hydrogen-bond acceptors (Lipinski definition) is 7. The first-order valence-corrected chi connectivity index (χ1v) is 6.90. The number of halogens is 1. The molecule has 0 spiro atoms. The SMILES string of the molecule is COC(=O)c1ccc(OC[C@@H](O)C(C)Cn2ncnn2)cc1F. The number of aliphatic hydroxyl groups excluding tert-OH is 1. The third-order valence-corrected chi connectivity index (χ3v) is 3.27. The third kappa shape index (κ3) is 4.46. The second-order valence-electron chi connectivity index (χ2n) is 4.98. The summed E-state index contributed by atoms with van der Waals surface area (Å²) in [6, 6.07) is 3.78. The number of carbonyl (C=O) groups is 1. The van der Waals surface area contributed by atoms with E-state index in [4.69, 9.17) is 4.74 Å². The van der Waals surface area contributed by atoms with Gasteiger partial charge in [-0.2, -0.15) is 4.80 Å². The van der Waals surface area contributed by atoms with Gasteiger partial charge in [0.05, 0.1) is 25.3 Å². The number of ether oxygens (including phenoxy) is 2. The summed E-state index contributed by atoms with van der Waals surface area (Å²) in [6.07, 6.45) is 0.505. The number of hydrogen-bond donors (Lipinski definition) is 1. The fourth-order valence-corrected chi connectivity index (χ4v) is 1.86. The zero-order valence-electron chi connectivity index (χ0n) is 12.7. The largest absolute Gasteiger partial charge is 0.491 e. The minimum atomic E-state index is -0.802. The van der Waals surface area contributed by atoms with Crippen molar-refractivity contribution in [1.29, 1.82) is 0 Å². The molecule has 124 valence electrons. The van der Waals surface area contributed by atoms with Crippen LogP contribution in [0.2, 0.25) is 0 Å². The molecule has 0 amide bonds. The predicted molar refractivity (Wildman–Crippen MR) is 76.2 cm³/mol. The summed E-state index contributed by atoms with van der Waals surface area (Å²) in [5, 5.41) is 21.2. The topological polar surface area (TPSA) is 99.4 Å². The molecular formula is C14H17FN4O4. The lowest BCUT2D eigenvalue weighted by atomic mass is 10.1. The number of methoxy groups -OCH3 is 1. The number of rotatable bonds is 7. The molecule has 1 aromatic carbocycles. The summed E-state index contributed by atoms with van der Waals surface area (Å²) in [5.74, 6) is -1.49. The number of aromatic nitrogens is 4. The van der Waals surface area contributed by atoms with Crippen LogP contribution in [0.5, 0.6) is 5.75 Å². The monoisotopic (exact) mass is 324 g/mol. The van der Waals surface area contributed by atoms with Crippen LogP contribution in [0.4, 0.5) is 4.39 Å². The fraction of sp³-hybridized carbons (Fsp3) is 0.429. The van der Waals surface area contributed by atoms with Crippen molar-refractivity contribution in [2.45, 2.75) is 19.6 Å². The van der Waals surface area contributed by atoms with Crippen LogP contribution in [0.25, 0.3) is 0 Å². The second-order valence-corrected chi connectivity index (χ2v) is 4.98. The van der Waals surface area contributed by atoms with Crippen molar-refractivity contribution in [2.75, 3.05) is 13.7 Å². The predicted octanol–water partition coefficient (Wildman–Crippen LogP) is 0.675. The summed E-state index contributed by atoms with van der Waals surface area (Å²) < 4.78 is 23.6. The number of aliphatic hydroxyl groups is 1. The van der Waals surface area contributed by atoms with Gasteiger partial charge >= 0.3 is 5.97 Å². The zero-order chi connectivity index (χ0) is 16.8. The number of tetrazole rings is 1. The van der Waals surface area contributed by atoms with Gasteiger partial charge in [-0.1, -0.05) is 6.92 Å². The molecule has 1 unspecified atom stereocenters. The Kier molecular flexibility index (Phi) is 5.58. The Hall–Kier alpha value is -2.55. The van der Waals surface area contributed by atoms with E-state index in [1.165, 1.54) is 30.4 Å². The molecule has 0 aliphatic carbocycles. The molecule has 0 bridgehead atoms. The summed E-state index contributed by atoms with van der Waals surface area (Å²) in [4.78, 5) is 12.6. The Morgan fingerprint density at radius 1 is 1.48 bits per heavy atom. The van der Waals surface area contributed by atoms with Gasteiger partial charge in [0.2, 0.25) is 0 Å². The summed E-state index contributed by atoms with van der Waals surface area (Å²) in [7, 11) is 1.17. The van der Waals surface area contributed by atoms with Gasteiger partial charge in [-0.15, -0.1) is 10.2 Å². The molecule has 2 aromatic rings. The minimum Gasteiger partial charge on any atom is -0.491 e. The second kappa shape index (κ2) is 7.63. The van der Waals surface area contributed by atoms with Crippen LogP contribution < -0.4 is 4.74 Å². The van der Waals surface area contributed by atoms with Gasteiger partial charge in [0.15, 0.2) is 6.33 Å². The van der Waals surface area contributed by atoms with E-state index in [2.05, 4.69) is 20.1 Å². The Labute approximate surface area is 131 Å². The van der Waals surface area contributed by atoms with Crippen LogP contribution in [0.3, 0.4) is 0 Å². The molecule has 0 saturated heterocycles. The number of nitrogens with zero attached hydrogens (tertiary/aromatic N) is 4. The molecule has 0 aliphatic heterocycles. The van der Waals surface area contributed by atoms with Crippen molar-refractivity contribution in [1.82, 2.24) is 20.2 Å². The first kappa shape index (κ1) is 16.8. The number of esters is 1. The van der Waals surface area contributed by atoms with E-state index in [0.717, 1.165) is 6.07 Å². The normalized spacial score (nSPS) is 13.4. The Balaban J connectivity index is 1.89. The molecular weight excluding hydrogens is 307 g/mol. The van der Waals surface area contributed by atoms with Gasteiger partial charge in [-0.25, -0.2) is 9.18 Å². The average molecular weight is 324 g/mol. The van der Waals surface area contributed by atoms with Crippen LogP contribution >= 0.6 is 0 Å². The lowest BCUT2D eigenvalue weighted by molar-refractivity contribution is 0.0533. The summed E-state index contributed by atoms with van der Waals surface area (Å²) in [6.45, 7) is 2.14. The van der Waals surface area contributed by atoms with Gasteiger partial charge in [0, 0.05) is 12.0 Å². The molecule has 1 heterocycles. The molecule has 0 saturated carbocycles. The maximum Gasteiger partial charge on any atom is 0.340 e. The van der Waals surface area contributed by atoms with Gasteiger partial charge in [-0.05, 0) is 17.3 Å². The highest BCUT2D eigenvalue weighted by Gasteiger charge is 2.18. The van der Waals surface area contributed by atoms with Crippen molar-refractivity contribution in [3.8, 4) is 5.75 Å². The molecule has 0 fully saturated rings. The molecule has 2 atom stereocenters. The molecule has 0 radical (unpaired) electrons. The van der Waals surface area contributed by atoms with E-state index in [9.17, 15) is 14.3 Å². The lowest BCUT2D eigenvalue weighted by Crippen LogP contribution is -2.29. The summed E-state index contributed by atoms with van der Waals surface area (Å²) >= 11 is 0. The van der Waals surface area contributed by atoms with Crippen LogP contribution in [0, 0.1) is 11.7 Å². The van der Waals surface area contributed by atoms with Crippen molar-refractivity contribution in [3.63, 3.8) is 0 Å². The molecule has 0 aliphatic rings. The first-order valence-electron chi connectivity index (χ1n) is 6.90. The minimum absolute atomic E-state index is 0.0348. The highest BCUT2D eigenvalue weighted by atomic mass is 19.1. The van der Waals surface area contributed by atoms with Crippen molar-refractivity contribution in [3.05, 3.63) is 35.9 Å². The molecule has 8 nitrogen and oxygen atoms in total. The van der Waals surface area contributed by atoms with Crippen molar-refractivity contribution >= 4 is 5.97 Å². The van der Waals surface area contributed by atoms with Gasteiger partial charge in [0.1, 0.15) is 18.2 Å². The molecule has 1 aromatic heterocycles. The van der Waals surface area contributed by atoms with E-state index in [0.29, 0.717) is 6.54 Å². The van der Waals surface area contributed by atoms with Crippen LogP contribution in [-0.2, 0) is 11.3 Å². The highest BCUT2D eigenvalue weighted by Crippen LogP contribution is 2.18. The number of carbonyl (C=O) groups excluding carboxylic acids is 1. The molecule has 1 N–H and O–H groups in total. The Morgan fingerprint density at radius 3 is 2.87 bits per heavy atom. The maximum atomic E-state index is 13.8. The first-order chi connectivity index (χ1) is 11.0. The highest BCUT2D eigenvalue weighted by molar-refractivity contribution is 5.89. The van der Waals surface area contributed by atoms with Gasteiger partial charge in [0.25, 0.3) is 0 Å². The lowest BCUT2D eigenvalue weighted by Gasteiger charge is -2.18. The Bertz CT molecular complexity index is 650. The molecule has 2 rings (SSSR count). The smallest absolute Gasteiger partial charge is 0.340 e. The standard InChI is InChI=1S/C14H17FN4O4/c1-9(6-19-17-8-16-18-19)13(20)7-23-10-3-4-11(12(15)5-10)14(21)22-2/h3-5,8-9,13,20H,6-7H2,1-2H3/t9?,13-/m1/s1. The Morgan fingerprint density at radius 2 is 2.26 bits per heavy atom. The average Bonchev–Trinajstić information content (AvgIpc) is 3.04.